The average Bonchev–Trinajstić information content (AvgIpc) is 2.99. The molecule has 0 saturated carbocycles. The second-order valence-corrected chi connectivity index (χ2v) is 9.42. The molecule has 1 fully saturated rings. The SMILES string of the molecule is O=C1OC2(CCCN(C(=O)CNS(=O)(=O)c3ccc(F)c(Cl)c3)C2)c2ccccc21. The lowest BCUT2D eigenvalue weighted by Crippen LogP contribution is -2.51. The van der Waals surface area contributed by atoms with Crippen molar-refractivity contribution in [2.45, 2.75) is 23.3 Å². The molecule has 4 rings (SSSR count). The van der Waals surface area contributed by atoms with Gasteiger partial charge in [0.25, 0.3) is 0 Å². The Kier molecular flexibility index (Phi) is 5.29. The van der Waals surface area contributed by atoms with E-state index in [0.29, 0.717) is 24.9 Å². The number of hydrogen-bond acceptors (Lipinski definition) is 5. The molecule has 0 radical (unpaired) electrons. The van der Waals surface area contributed by atoms with Crippen molar-refractivity contribution in [1.29, 1.82) is 0 Å². The van der Waals surface area contributed by atoms with E-state index < -0.39 is 39.9 Å². The third kappa shape index (κ3) is 3.68. The summed E-state index contributed by atoms with van der Waals surface area (Å²) < 4.78 is 46.0. The van der Waals surface area contributed by atoms with E-state index in [0.717, 1.165) is 23.8 Å². The number of carbonyl (C=O) groups excluding carboxylic acids is 2. The highest BCUT2D eigenvalue weighted by atomic mass is 35.5. The summed E-state index contributed by atoms with van der Waals surface area (Å²) in [6, 6.07) is 10.1. The van der Waals surface area contributed by atoms with Crippen LogP contribution in [0.15, 0.2) is 47.4 Å². The van der Waals surface area contributed by atoms with Gasteiger partial charge in [-0.2, -0.15) is 0 Å². The molecule has 7 nitrogen and oxygen atoms in total. The minimum Gasteiger partial charge on any atom is -0.449 e. The van der Waals surface area contributed by atoms with Gasteiger partial charge >= 0.3 is 5.97 Å². The standard InChI is InChI=1S/C20H18ClFN2O5S/c21-16-10-13(6-7-17(16)22)30(27,28)23-11-18(25)24-9-3-8-20(12-24)15-5-2-1-4-14(15)19(26)29-20/h1-2,4-7,10,23H,3,8-9,11-12H2. The molecule has 1 atom stereocenters. The Morgan fingerprint density at radius 3 is 2.80 bits per heavy atom. The summed E-state index contributed by atoms with van der Waals surface area (Å²) in [4.78, 5) is 26.2. The number of ether oxygens (including phenoxy) is 1. The number of rotatable bonds is 4. The number of halogens is 2. The summed E-state index contributed by atoms with van der Waals surface area (Å²) in [5, 5.41) is -0.330. The van der Waals surface area contributed by atoms with Gasteiger partial charge in [0.1, 0.15) is 5.82 Å². The van der Waals surface area contributed by atoms with Crippen LogP contribution in [0.3, 0.4) is 0 Å². The van der Waals surface area contributed by atoms with Crippen molar-refractivity contribution in [2.75, 3.05) is 19.6 Å². The Morgan fingerprint density at radius 2 is 2.03 bits per heavy atom. The normalized spacial score (nSPS) is 20.9. The number of esters is 1. The molecular formula is C20H18ClFN2O5S. The summed E-state index contributed by atoms with van der Waals surface area (Å²) in [7, 11) is -4.05. The van der Waals surface area contributed by atoms with Gasteiger partial charge in [0.15, 0.2) is 5.60 Å². The molecule has 1 spiro atoms. The van der Waals surface area contributed by atoms with E-state index in [2.05, 4.69) is 4.72 Å². The van der Waals surface area contributed by atoms with Crippen molar-refractivity contribution in [1.82, 2.24) is 9.62 Å². The van der Waals surface area contributed by atoms with Gasteiger partial charge < -0.3 is 9.64 Å². The van der Waals surface area contributed by atoms with Crippen molar-refractivity contribution in [3.8, 4) is 0 Å². The largest absolute Gasteiger partial charge is 0.449 e. The van der Waals surface area contributed by atoms with Gasteiger partial charge in [-0.3, -0.25) is 4.79 Å². The molecular weight excluding hydrogens is 435 g/mol. The average molecular weight is 453 g/mol. The summed E-state index contributed by atoms with van der Waals surface area (Å²) >= 11 is 5.64. The molecule has 0 bridgehead atoms. The number of carbonyl (C=O) groups is 2. The van der Waals surface area contributed by atoms with Crippen molar-refractivity contribution >= 4 is 33.5 Å². The molecule has 1 unspecified atom stereocenters. The zero-order chi connectivity index (χ0) is 21.5. The van der Waals surface area contributed by atoms with Crippen molar-refractivity contribution in [3.63, 3.8) is 0 Å². The molecule has 158 valence electrons. The second kappa shape index (κ2) is 7.64. The van der Waals surface area contributed by atoms with Crippen molar-refractivity contribution in [2.24, 2.45) is 0 Å². The first-order valence-electron chi connectivity index (χ1n) is 9.27. The predicted molar refractivity (Wildman–Crippen MR) is 106 cm³/mol. The van der Waals surface area contributed by atoms with E-state index in [4.69, 9.17) is 16.3 Å². The number of piperidine rings is 1. The number of hydrogen-bond donors (Lipinski definition) is 1. The van der Waals surface area contributed by atoms with Crippen molar-refractivity contribution in [3.05, 3.63) is 64.4 Å². The summed E-state index contributed by atoms with van der Waals surface area (Å²) in [5.74, 6) is -1.61. The van der Waals surface area contributed by atoms with Crippen LogP contribution in [-0.4, -0.2) is 44.8 Å². The summed E-state index contributed by atoms with van der Waals surface area (Å²) in [5.41, 5.74) is 0.319. The monoisotopic (exact) mass is 452 g/mol. The van der Waals surface area contributed by atoms with Gasteiger partial charge in [-0.15, -0.1) is 0 Å². The molecule has 30 heavy (non-hydrogen) atoms. The topological polar surface area (TPSA) is 92.8 Å². The van der Waals surface area contributed by atoms with Gasteiger partial charge in [0.2, 0.25) is 15.9 Å². The van der Waals surface area contributed by atoms with Gasteiger partial charge in [-0.25, -0.2) is 22.3 Å². The molecule has 10 heteroatoms. The van der Waals surface area contributed by atoms with E-state index in [1.54, 1.807) is 12.1 Å². The van der Waals surface area contributed by atoms with E-state index in [1.165, 1.54) is 4.90 Å². The highest BCUT2D eigenvalue weighted by Gasteiger charge is 2.48. The number of amides is 1. The fourth-order valence-electron chi connectivity index (χ4n) is 3.88. The molecule has 2 aliphatic rings. The smallest absolute Gasteiger partial charge is 0.339 e. The van der Waals surface area contributed by atoms with Gasteiger partial charge in [0, 0.05) is 12.1 Å². The van der Waals surface area contributed by atoms with Crippen LogP contribution in [0.1, 0.15) is 28.8 Å². The Hall–Kier alpha value is -2.49. The van der Waals surface area contributed by atoms with E-state index in [1.807, 2.05) is 12.1 Å². The number of sulfonamides is 1. The first-order chi connectivity index (χ1) is 14.2. The maximum absolute atomic E-state index is 13.3. The highest BCUT2D eigenvalue weighted by Crippen LogP contribution is 2.42. The molecule has 1 N–H and O–H groups in total. The number of likely N-dealkylation sites (tertiary alicyclic amines) is 1. The summed E-state index contributed by atoms with van der Waals surface area (Å²) in [6.45, 7) is 0.0894. The Bertz CT molecular complexity index is 1140. The van der Waals surface area contributed by atoms with Gasteiger partial charge in [0.05, 0.1) is 28.6 Å². The lowest BCUT2D eigenvalue weighted by molar-refractivity contribution is -0.137. The molecule has 2 heterocycles. The molecule has 1 saturated heterocycles. The number of benzene rings is 2. The fourth-order valence-corrected chi connectivity index (χ4v) is 5.13. The van der Waals surface area contributed by atoms with E-state index in [9.17, 15) is 22.4 Å². The van der Waals surface area contributed by atoms with Crippen molar-refractivity contribution < 1.29 is 27.1 Å². The Morgan fingerprint density at radius 1 is 1.27 bits per heavy atom. The number of nitrogens with one attached hydrogen (secondary N) is 1. The van der Waals surface area contributed by atoms with Crippen LogP contribution in [0, 0.1) is 5.82 Å². The fraction of sp³-hybridized carbons (Fsp3) is 0.300. The summed E-state index contributed by atoms with van der Waals surface area (Å²) in [6.07, 6.45) is 1.19. The lowest BCUT2D eigenvalue weighted by Gasteiger charge is -2.39. The molecule has 0 aliphatic carbocycles. The molecule has 2 aromatic carbocycles. The third-order valence-corrected chi connectivity index (χ3v) is 7.04. The van der Waals surface area contributed by atoms with Gasteiger partial charge in [-0.05, 0) is 37.1 Å². The second-order valence-electron chi connectivity index (χ2n) is 7.25. The minimum atomic E-state index is -4.05. The van der Waals surface area contributed by atoms with Crippen LogP contribution in [-0.2, 0) is 25.2 Å². The molecule has 0 aromatic heterocycles. The minimum absolute atomic E-state index is 0.151. The molecule has 2 aliphatic heterocycles. The zero-order valence-corrected chi connectivity index (χ0v) is 17.3. The van der Waals surface area contributed by atoms with E-state index in [-0.39, 0.29) is 16.5 Å². The lowest BCUT2D eigenvalue weighted by atomic mass is 9.85. The maximum Gasteiger partial charge on any atom is 0.339 e. The number of fused-ring (bicyclic) bond motifs is 2. The van der Waals surface area contributed by atoms with Crippen LogP contribution in [0.4, 0.5) is 4.39 Å². The van der Waals surface area contributed by atoms with Crippen LogP contribution in [0.25, 0.3) is 0 Å². The molecule has 1 amide bonds. The van der Waals surface area contributed by atoms with Crippen LogP contribution >= 0.6 is 11.6 Å². The molecule has 2 aromatic rings. The van der Waals surface area contributed by atoms with Crippen LogP contribution in [0.5, 0.6) is 0 Å². The predicted octanol–water partition coefficient (Wildman–Crippen LogP) is 2.45. The Balaban J connectivity index is 1.47. The van der Waals surface area contributed by atoms with Crippen LogP contribution < -0.4 is 4.72 Å². The zero-order valence-electron chi connectivity index (χ0n) is 15.7. The van der Waals surface area contributed by atoms with Crippen LogP contribution in [0.2, 0.25) is 5.02 Å². The Labute approximate surface area is 177 Å². The first kappa shape index (κ1) is 20.8. The maximum atomic E-state index is 13.3. The first-order valence-corrected chi connectivity index (χ1v) is 11.1. The van der Waals surface area contributed by atoms with Gasteiger partial charge in [-0.1, -0.05) is 29.8 Å². The highest BCUT2D eigenvalue weighted by molar-refractivity contribution is 7.89. The number of nitrogens with zero attached hydrogens (tertiary/aromatic N) is 1. The quantitative estimate of drug-likeness (QED) is 0.719. The van der Waals surface area contributed by atoms with E-state index >= 15 is 0 Å². The third-order valence-electron chi connectivity index (χ3n) is 5.35.